The fourth-order valence-corrected chi connectivity index (χ4v) is 5.24. The fourth-order valence-electron chi connectivity index (χ4n) is 5.24. The third kappa shape index (κ3) is 3.12. The number of rotatable bonds is 4. The van der Waals surface area contributed by atoms with Gasteiger partial charge in [-0.05, 0) is 45.4 Å². The minimum absolute atomic E-state index is 0.141. The topological polar surface area (TPSA) is 0 Å². The quantitative estimate of drug-likeness (QED) is 0.461. The van der Waals surface area contributed by atoms with E-state index in [1.807, 2.05) is 0 Å². The zero-order valence-electron chi connectivity index (χ0n) is 16.9. The van der Waals surface area contributed by atoms with Gasteiger partial charge >= 0.3 is 0 Å². The third-order valence-electron chi connectivity index (χ3n) is 6.73. The Morgan fingerprint density at radius 2 is 1.22 bits per heavy atom. The summed E-state index contributed by atoms with van der Waals surface area (Å²) in [5.74, 6) is 0.987. The molecule has 0 amide bonds. The summed E-state index contributed by atoms with van der Waals surface area (Å²) in [7, 11) is 0. The van der Waals surface area contributed by atoms with Crippen LogP contribution in [0.1, 0.15) is 68.2 Å². The Balaban J connectivity index is 1.78. The van der Waals surface area contributed by atoms with Gasteiger partial charge in [-0.1, -0.05) is 113 Å². The second kappa shape index (κ2) is 6.68. The van der Waals surface area contributed by atoms with Crippen LogP contribution in [0, 0.1) is 5.41 Å². The van der Waals surface area contributed by atoms with Crippen molar-refractivity contribution >= 4 is 0 Å². The van der Waals surface area contributed by atoms with E-state index >= 15 is 0 Å². The number of benzene rings is 3. The predicted octanol–water partition coefficient (Wildman–Crippen LogP) is 7.31. The van der Waals surface area contributed by atoms with Gasteiger partial charge in [0.15, 0.2) is 0 Å². The highest BCUT2D eigenvalue weighted by molar-refractivity contribution is 5.48. The summed E-state index contributed by atoms with van der Waals surface area (Å²) in [6.07, 6.45) is 1.16. The molecule has 1 aliphatic rings. The van der Waals surface area contributed by atoms with E-state index < -0.39 is 0 Å². The van der Waals surface area contributed by atoms with E-state index in [4.69, 9.17) is 0 Å². The van der Waals surface area contributed by atoms with Crippen LogP contribution in [0.15, 0.2) is 84.9 Å². The zero-order valence-corrected chi connectivity index (χ0v) is 16.9. The summed E-state index contributed by atoms with van der Waals surface area (Å²) in [5.41, 5.74) is 6.25. The molecule has 0 saturated carbocycles. The van der Waals surface area contributed by atoms with Crippen LogP contribution in [0.2, 0.25) is 0 Å². The standard InChI is InChI=1S/C27H30/c1-26(2,21-15-9-6-10-16-21)19-24-22-17-11-12-18-23(22)25(27(24,3)4)20-13-7-5-8-14-20/h5-18,24-25H,19H2,1-4H3. The molecule has 0 aliphatic heterocycles. The molecule has 0 heterocycles. The maximum atomic E-state index is 2.47. The lowest BCUT2D eigenvalue weighted by molar-refractivity contribution is 0.235. The number of hydrogen-bond acceptors (Lipinski definition) is 0. The lowest BCUT2D eigenvalue weighted by Gasteiger charge is -2.38. The van der Waals surface area contributed by atoms with Crippen LogP contribution in [0.5, 0.6) is 0 Å². The molecular formula is C27H30. The highest BCUT2D eigenvalue weighted by Crippen LogP contribution is 2.60. The van der Waals surface area contributed by atoms with E-state index in [1.165, 1.54) is 16.7 Å². The van der Waals surface area contributed by atoms with Gasteiger partial charge in [-0.25, -0.2) is 0 Å². The summed E-state index contributed by atoms with van der Waals surface area (Å²) in [6, 6.07) is 31.2. The molecule has 0 spiro atoms. The second-order valence-electron chi connectivity index (χ2n) is 9.30. The summed E-state index contributed by atoms with van der Waals surface area (Å²) >= 11 is 0. The van der Waals surface area contributed by atoms with Gasteiger partial charge < -0.3 is 0 Å². The Morgan fingerprint density at radius 3 is 1.85 bits per heavy atom. The van der Waals surface area contributed by atoms with Crippen molar-refractivity contribution in [1.29, 1.82) is 0 Å². The molecule has 0 aromatic heterocycles. The van der Waals surface area contributed by atoms with Gasteiger partial charge in [0, 0.05) is 5.92 Å². The van der Waals surface area contributed by atoms with Crippen molar-refractivity contribution < 1.29 is 0 Å². The van der Waals surface area contributed by atoms with Gasteiger partial charge in [-0.3, -0.25) is 0 Å². The molecule has 2 atom stereocenters. The molecule has 2 unspecified atom stereocenters. The fraction of sp³-hybridized carbons (Fsp3) is 0.333. The zero-order chi connectivity index (χ0) is 19.1. The van der Waals surface area contributed by atoms with E-state index in [0.29, 0.717) is 11.8 Å². The minimum atomic E-state index is 0.141. The number of hydrogen-bond donors (Lipinski definition) is 0. The first kappa shape index (κ1) is 18.0. The molecular weight excluding hydrogens is 324 g/mol. The van der Waals surface area contributed by atoms with Gasteiger partial charge in [0.2, 0.25) is 0 Å². The van der Waals surface area contributed by atoms with Crippen LogP contribution >= 0.6 is 0 Å². The van der Waals surface area contributed by atoms with Crippen LogP contribution in [0.3, 0.4) is 0 Å². The van der Waals surface area contributed by atoms with Gasteiger partial charge in [-0.2, -0.15) is 0 Å². The normalized spacial score (nSPS) is 21.0. The molecule has 0 nitrogen and oxygen atoms in total. The smallest absolute Gasteiger partial charge is 0.0149 e. The van der Waals surface area contributed by atoms with Crippen molar-refractivity contribution in [2.24, 2.45) is 5.41 Å². The summed E-state index contributed by atoms with van der Waals surface area (Å²) in [5, 5.41) is 0. The highest BCUT2D eigenvalue weighted by Gasteiger charge is 2.48. The van der Waals surface area contributed by atoms with E-state index in [2.05, 4.69) is 113 Å². The van der Waals surface area contributed by atoms with Crippen molar-refractivity contribution in [3.8, 4) is 0 Å². The summed E-state index contributed by atoms with van der Waals surface area (Å²) in [6.45, 7) is 9.74. The van der Waals surface area contributed by atoms with Crippen molar-refractivity contribution in [3.63, 3.8) is 0 Å². The predicted molar refractivity (Wildman–Crippen MR) is 115 cm³/mol. The maximum Gasteiger partial charge on any atom is 0.0149 e. The van der Waals surface area contributed by atoms with E-state index in [1.54, 1.807) is 5.56 Å². The SMILES string of the molecule is CC(C)(CC1c2ccccc2C(c2ccccc2)C1(C)C)c1ccccc1. The average molecular weight is 355 g/mol. The number of fused-ring (bicyclic) bond motifs is 1. The van der Waals surface area contributed by atoms with Crippen molar-refractivity contribution in [1.82, 2.24) is 0 Å². The average Bonchev–Trinajstić information content (AvgIpc) is 2.89. The van der Waals surface area contributed by atoms with Crippen LogP contribution in [0.4, 0.5) is 0 Å². The molecule has 0 radical (unpaired) electrons. The molecule has 0 N–H and O–H groups in total. The molecule has 0 heteroatoms. The Morgan fingerprint density at radius 1 is 0.704 bits per heavy atom. The first-order valence-electron chi connectivity index (χ1n) is 10.1. The third-order valence-corrected chi connectivity index (χ3v) is 6.73. The van der Waals surface area contributed by atoms with E-state index in [-0.39, 0.29) is 10.8 Å². The van der Waals surface area contributed by atoms with E-state index in [9.17, 15) is 0 Å². The van der Waals surface area contributed by atoms with Crippen molar-refractivity contribution in [3.05, 3.63) is 107 Å². The first-order valence-corrected chi connectivity index (χ1v) is 10.1. The second-order valence-corrected chi connectivity index (χ2v) is 9.30. The van der Waals surface area contributed by atoms with E-state index in [0.717, 1.165) is 6.42 Å². The molecule has 0 fully saturated rings. The van der Waals surface area contributed by atoms with Crippen molar-refractivity contribution in [2.75, 3.05) is 0 Å². The van der Waals surface area contributed by atoms with Crippen LogP contribution in [-0.4, -0.2) is 0 Å². The maximum absolute atomic E-state index is 2.47. The molecule has 4 rings (SSSR count). The Bertz CT molecular complexity index is 903. The van der Waals surface area contributed by atoms with Gasteiger partial charge in [0.25, 0.3) is 0 Å². The molecule has 0 bridgehead atoms. The van der Waals surface area contributed by atoms with Crippen LogP contribution in [0.25, 0.3) is 0 Å². The summed E-state index contributed by atoms with van der Waals surface area (Å²) in [4.78, 5) is 0. The first-order chi connectivity index (χ1) is 12.9. The molecule has 27 heavy (non-hydrogen) atoms. The molecule has 3 aromatic rings. The largest absolute Gasteiger partial charge is 0.0622 e. The molecule has 1 aliphatic carbocycles. The lowest BCUT2D eigenvalue weighted by atomic mass is 9.65. The van der Waals surface area contributed by atoms with Crippen LogP contribution < -0.4 is 0 Å². The molecule has 3 aromatic carbocycles. The molecule has 138 valence electrons. The minimum Gasteiger partial charge on any atom is -0.0622 e. The van der Waals surface area contributed by atoms with Crippen LogP contribution in [-0.2, 0) is 5.41 Å². The van der Waals surface area contributed by atoms with Gasteiger partial charge in [0.05, 0.1) is 0 Å². The Labute approximate surface area is 164 Å². The lowest BCUT2D eigenvalue weighted by Crippen LogP contribution is -2.29. The Hall–Kier alpha value is -2.34. The molecule has 0 saturated heterocycles. The monoisotopic (exact) mass is 354 g/mol. The Kier molecular flexibility index (Phi) is 4.46. The summed E-state index contributed by atoms with van der Waals surface area (Å²) < 4.78 is 0. The van der Waals surface area contributed by atoms with Gasteiger partial charge in [-0.15, -0.1) is 0 Å². The van der Waals surface area contributed by atoms with Gasteiger partial charge in [0.1, 0.15) is 0 Å². The van der Waals surface area contributed by atoms with Crippen molar-refractivity contribution in [2.45, 2.75) is 51.4 Å². The highest BCUT2D eigenvalue weighted by atomic mass is 14.5.